The first-order chi connectivity index (χ1) is 7.33. The van der Waals surface area contributed by atoms with E-state index in [0.717, 1.165) is 25.3 Å². The topological polar surface area (TPSA) is 42.7 Å². The second kappa shape index (κ2) is 6.85. The number of nitrogens with zero attached hydrogens (tertiary/aromatic N) is 3. The van der Waals surface area contributed by atoms with Crippen LogP contribution in [0.3, 0.4) is 0 Å². The van der Waals surface area contributed by atoms with E-state index >= 15 is 0 Å². The maximum absolute atomic E-state index is 4.11. The van der Waals surface area contributed by atoms with Crippen molar-refractivity contribution in [2.45, 2.75) is 32.9 Å². The zero-order chi connectivity index (χ0) is 11.1. The van der Waals surface area contributed by atoms with Crippen molar-refractivity contribution in [1.82, 2.24) is 20.3 Å². The monoisotopic (exact) mass is 228 g/mol. The van der Waals surface area contributed by atoms with Crippen LogP contribution in [0.25, 0.3) is 0 Å². The van der Waals surface area contributed by atoms with Crippen LogP contribution >= 0.6 is 11.8 Å². The normalized spacial score (nSPS) is 13.0. The molecule has 0 fully saturated rings. The van der Waals surface area contributed by atoms with Gasteiger partial charge in [-0.3, -0.25) is 0 Å². The third-order valence-electron chi connectivity index (χ3n) is 2.22. The Hall–Kier alpha value is -0.550. The van der Waals surface area contributed by atoms with Gasteiger partial charge in [0.15, 0.2) is 0 Å². The fraction of sp³-hybridized carbons (Fsp3) is 0.800. The van der Waals surface area contributed by atoms with E-state index in [-0.39, 0.29) is 0 Å². The van der Waals surface area contributed by atoms with Crippen molar-refractivity contribution in [2.75, 3.05) is 18.6 Å². The molecule has 0 aromatic carbocycles. The van der Waals surface area contributed by atoms with Crippen LogP contribution in [-0.4, -0.2) is 33.5 Å². The Kier molecular flexibility index (Phi) is 5.71. The number of aromatic nitrogens is 3. The van der Waals surface area contributed by atoms with Crippen LogP contribution in [0.4, 0.5) is 0 Å². The van der Waals surface area contributed by atoms with Crippen molar-refractivity contribution in [3.8, 4) is 0 Å². The Balaban J connectivity index is 2.74. The Bertz CT molecular complexity index is 268. The van der Waals surface area contributed by atoms with Gasteiger partial charge in [-0.15, -0.1) is 5.10 Å². The van der Waals surface area contributed by atoms with Gasteiger partial charge in [-0.2, -0.15) is 11.8 Å². The highest BCUT2D eigenvalue weighted by molar-refractivity contribution is 7.98. The molecule has 1 aromatic heterocycles. The van der Waals surface area contributed by atoms with Crippen LogP contribution in [0.2, 0.25) is 0 Å². The number of hydrogen-bond donors (Lipinski definition) is 1. The summed E-state index contributed by atoms with van der Waals surface area (Å²) in [6, 6.07) is 0.367. The van der Waals surface area contributed by atoms with Gasteiger partial charge in [0.25, 0.3) is 0 Å². The van der Waals surface area contributed by atoms with E-state index in [4.69, 9.17) is 0 Å². The van der Waals surface area contributed by atoms with E-state index in [2.05, 4.69) is 35.7 Å². The van der Waals surface area contributed by atoms with Crippen LogP contribution in [-0.2, 0) is 6.54 Å². The zero-order valence-electron chi connectivity index (χ0n) is 9.73. The van der Waals surface area contributed by atoms with E-state index in [1.54, 1.807) is 0 Å². The molecule has 1 aromatic rings. The molecule has 0 radical (unpaired) electrons. The van der Waals surface area contributed by atoms with Crippen molar-refractivity contribution < 1.29 is 0 Å². The average molecular weight is 228 g/mol. The van der Waals surface area contributed by atoms with E-state index in [0.29, 0.717) is 6.04 Å². The number of aryl methyl sites for hydroxylation is 1. The molecule has 1 atom stereocenters. The molecule has 5 heteroatoms. The molecular weight excluding hydrogens is 208 g/mol. The second-order valence-electron chi connectivity index (χ2n) is 3.45. The van der Waals surface area contributed by atoms with Gasteiger partial charge in [-0.05, 0) is 19.2 Å². The summed E-state index contributed by atoms with van der Waals surface area (Å²) in [7, 11) is 0. The van der Waals surface area contributed by atoms with Gasteiger partial charge in [-0.25, -0.2) is 4.68 Å². The highest BCUT2D eigenvalue weighted by Crippen LogP contribution is 2.16. The lowest BCUT2D eigenvalue weighted by molar-refractivity contribution is 0.501. The maximum Gasteiger partial charge on any atom is 0.0764 e. The average Bonchev–Trinajstić information content (AvgIpc) is 2.66. The fourth-order valence-corrected chi connectivity index (χ4v) is 2.20. The first-order valence-corrected chi connectivity index (χ1v) is 6.83. The van der Waals surface area contributed by atoms with Gasteiger partial charge < -0.3 is 5.32 Å². The minimum Gasteiger partial charge on any atom is -0.308 e. The van der Waals surface area contributed by atoms with Gasteiger partial charge in [-0.1, -0.05) is 19.1 Å². The lowest BCUT2D eigenvalue weighted by Crippen LogP contribution is -2.25. The molecule has 1 N–H and O–H groups in total. The first kappa shape index (κ1) is 12.5. The Morgan fingerprint density at radius 2 is 2.33 bits per heavy atom. The summed E-state index contributed by atoms with van der Waals surface area (Å²) < 4.78 is 2.00. The molecule has 0 amide bonds. The lowest BCUT2D eigenvalue weighted by atomic mass is 10.2. The summed E-state index contributed by atoms with van der Waals surface area (Å²) >= 11 is 1.84. The third kappa shape index (κ3) is 3.50. The number of hydrogen-bond acceptors (Lipinski definition) is 4. The van der Waals surface area contributed by atoms with E-state index < -0.39 is 0 Å². The Morgan fingerprint density at radius 3 is 2.93 bits per heavy atom. The molecule has 0 saturated carbocycles. The van der Waals surface area contributed by atoms with E-state index in [9.17, 15) is 0 Å². The highest BCUT2D eigenvalue weighted by atomic mass is 32.2. The van der Waals surface area contributed by atoms with Gasteiger partial charge >= 0.3 is 0 Å². The van der Waals surface area contributed by atoms with Crippen molar-refractivity contribution in [3.63, 3.8) is 0 Å². The maximum atomic E-state index is 4.11. The summed E-state index contributed by atoms with van der Waals surface area (Å²) in [5, 5.41) is 11.6. The molecule has 1 heterocycles. The highest BCUT2D eigenvalue weighted by Gasteiger charge is 2.14. The predicted octanol–water partition coefficient (Wildman–Crippen LogP) is 1.70. The molecule has 0 aliphatic heterocycles. The molecule has 0 bridgehead atoms. The van der Waals surface area contributed by atoms with E-state index in [1.807, 2.05) is 22.6 Å². The zero-order valence-corrected chi connectivity index (χ0v) is 10.5. The summed E-state index contributed by atoms with van der Waals surface area (Å²) in [4.78, 5) is 0. The molecular formula is C10H20N4S. The van der Waals surface area contributed by atoms with Gasteiger partial charge in [0.1, 0.15) is 0 Å². The molecule has 4 nitrogen and oxygen atoms in total. The quantitative estimate of drug-likeness (QED) is 0.771. The Morgan fingerprint density at radius 1 is 1.53 bits per heavy atom. The SMILES string of the molecule is CCCn1nncc1C(CSC)NCC. The van der Waals surface area contributed by atoms with Crippen LogP contribution in [0, 0.1) is 0 Å². The largest absolute Gasteiger partial charge is 0.308 e. The number of rotatable bonds is 7. The van der Waals surface area contributed by atoms with E-state index in [1.165, 1.54) is 5.69 Å². The van der Waals surface area contributed by atoms with Crippen molar-refractivity contribution >= 4 is 11.8 Å². The Labute approximate surface area is 95.8 Å². The molecule has 0 aliphatic carbocycles. The molecule has 15 heavy (non-hydrogen) atoms. The molecule has 0 aliphatic rings. The molecule has 0 spiro atoms. The number of thioether (sulfide) groups is 1. The van der Waals surface area contributed by atoms with Crippen LogP contribution in [0.15, 0.2) is 6.20 Å². The first-order valence-electron chi connectivity index (χ1n) is 5.44. The van der Waals surface area contributed by atoms with Crippen LogP contribution < -0.4 is 5.32 Å². The summed E-state index contributed by atoms with van der Waals surface area (Å²) in [6.45, 7) is 6.21. The van der Waals surface area contributed by atoms with Gasteiger partial charge in [0.05, 0.1) is 17.9 Å². The lowest BCUT2D eigenvalue weighted by Gasteiger charge is -2.17. The van der Waals surface area contributed by atoms with Crippen molar-refractivity contribution in [3.05, 3.63) is 11.9 Å². The summed E-state index contributed by atoms with van der Waals surface area (Å²) in [5.74, 6) is 1.06. The molecule has 1 rings (SSSR count). The summed E-state index contributed by atoms with van der Waals surface area (Å²) in [6.07, 6.45) is 5.09. The third-order valence-corrected chi connectivity index (χ3v) is 2.89. The second-order valence-corrected chi connectivity index (χ2v) is 4.36. The van der Waals surface area contributed by atoms with Crippen molar-refractivity contribution in [1.29, 1.82) is 0 Å². The number of nitrogens with one attached hydrogen (secondary N) is 1. The molecule has 0 saturated heterocycles. The minimum atomic E-state index is 0.367. The van der Waals surface area contributed by atoms with Crippen molar-refractivity contribution in [2.24, 2.45) is 0 Å². The van der Waals surface area contributed by atoms with Crippen LogP contribution in [0.5, 0.6) is 0 Å². The minimum absolute atomic E-state index is 0.367. The predicted molar refractivity (Wildman–Crippen MR) is 65.1 cm³/mol. The molecule has 1 unspecified atom stereocenters. The standard InChI is InChI=1S/C10H20N4S/c1-4-6-14-10(7-12-13-14)9(8-15-3)11-5-2/h7,9,11H,4-6,8H2,1-3H3. The smallest absolute Gasteiger partial charge is 0.0764 e. The van der Waals surface area contributed by atoms with Gasteiger partial charge in [0, 0.05) is 12.3 Å². The molecule has 86 valence electrons. The fourth-order valence-electron chi connectivity index (χ4n) is 1.58. The summed E-state index contributed by atoms with van der Waals surface area (Å²) in [5.41, 5.74) is 1.20. The van der Waals surface area contributed by atoms with Crippen LogP contribution in [0.1, 0.15) is 32.0 Å². The van der Waals surface area contributed by atoms with Gasteiger partial charge in [0.2, 0.25) is 0 Å².